The van der Waals surface area contributed by atoms with Crippen LogP contribution in [0, 0.1) is 5.92 Å². The van der Waals surface area contributed by atoms with Crippen molar-refractivity contribution in [3.8, 4) is 0 Å². The summed E-state index contributed by atoms with van der Waals surface area (Å²) in [5.41, 5.74) is 3.00. The van der Waals surface area contributed by atoms with Crippen molar-refractivity contribution in [2.24, 2.45) is 10.9 Å². The maximum Gasteiger partial charge on any atom is 0.166 e. The maximum absolute atomic E-state index is 13.0. The normalized spacial score (nSPS) is 17.5. The van der Waals surface area contributed by atoms with E-state index in [4.69, 9.17) is 0 Å². The second kappa shape index (κ2) is 6.40. The van der Waals surface area contributed by atoms with Gasteiger partial charge in [0.2, 0.25) is 0 Å². The molecule has 1 heterocycles. The number of carbonyl (C=O) groups excluding carboxylic acids is 1. The molecule has 3 aromatic rings. The lowest BCUT2D eigenvalue weighted by Crippen LogP contribution is -2.24. The molecule has 118 valence electrons. The van der Waals surface area contributed by atoms with Gasteiger partial charge in [-0.1, -0.05) is 66.7 Å². The number of nitrogens with zero attached hydrogens (tertiary/aromatic N) is 1. The second-order valence-electron chi connectivity index (χ2n) is 6.31. The summed E-state index contributed by atoms with van der Waals surface area (Å²) in [5, 5.41) is 2.29. The Balaban J connectivity index is 1.59. The summed E-state index contributed by atoms with van der Waals surface area (Å²) in [6.45, 7) is 0.730. The minimum Gasteiger partial charge on any atom is -0.294 e. The standard InChI is InChI=1S/C22H19NO/c24-22(19-11-10-16-6-4-5-9-18(16)14-19)20-12-13-23-21(15-20)17-7-2-1-3-8-17/h1-11,14,20H,12-13,15H2. The number of Topliss-reactive ketones (excluding diaryl/α,β-unsaturated/α-hetero) is 1. The Kier molecular flexibility index (Phi) is 3.96. The summed E-state index contributed by atoms with van der Waals surface area (Å²) in [6.07, 6.45) is 1.57. The number of benzene rings is 3. The Hall–Kier alpha value is -2.74. The number of aliphatic imine (C=N–C) groups is 1. The molecule has 0 saturated carbocycles. The molecule has 4 rings (SSSR count). The molecule has 0 radical (unpaired) electrons. The summed E-state index contributed by atoms with van der Waals surface area (Å²) in [5.74, 6) is 0.267. The van der Waals surface area contributed by atoms with Crippen LogP contribution in [0.4, 0.5) is 0 Å². The lowest BCUT2D eigenvalue weighted by Gasteiger charge is -2.21. The molecule has 1 atom stereocenters. The van der Waals surface area contributed by atoms with Crippen molar-refractivity contribution in [3.05, 3.63) is 83.9 Å². The first-order valence-electron chi connectivity index (χ1n) is 8.43. The number of carbonyl (C=O) groups is 1. The highest BCUT2D eigenvalue weighted by Crippen LogP contribution is 2.25. The third-order valence-electron chi connectivity index (χ3n) is 4.73. The molecule has 2 nitrogen and oxygen atoms in total. The van der Waals surface area contributed by atoms with E-state index < -0.39 is 0 Å². The van der Waals surface area contributed by atoms with Crippen molar-refractivity contribution in [2.45, 2.75) is 12.8 Å². The fraction of sp³-hybridized carbons (Fsp3) is 0.182. The van der Waals surface area contributed by atoms with Gasteiger partial charge in [-0.15, -0.1) is 0 Å². The van der Waals surface area contributed by atoms with E-state index in [2.05, 4.69) is 29.3 Å². The average Bonchev–Trinajstić information content (AvgIpc) is 2.68. The Morgan fingerprint density at radius 2 is 1.62 bits per heavy atom. The molecule has 0 saturated heterocycles. The Morgan fingerprint density at radius 3 is 2.46 bits per heavy atom. The lowest BCUT2D eigenvalue weighted by molar-refractivity contribution is 0.0916. The minimum absolute atomic E-state index is 0.0267. The maximum atomic E-state index is 13.0. The van der Waals surface area contributed by atoms with Crippen molar-refractivity contribution in [2.75, 3.05) is 6.54 Å². The SMILES string of the molecule is O=C(c1ccc2ccccc2c1)C1CCN=C(c2ccccc2)C1. The summed E-state index contributed by atoms with van der Waals surface area (Å²) >= 11 is 0. The van der Waals surface area contributed by atoms with Crippen LogP contribution in [0.25, 0.3) is 10.8 Å². The number of fused-ring (bicyclic) bond motifs is 1. The van der Waals surface area contributed by atoms with Crippen molar-refractivity contribution in [1.29, 1.82) is 0 Å². The number of ketones is 1. The number of rotatable bonds is 3. The smallest absolute Gasteiger partial charge is 0.166 e. The van der Waals surface area contributed by atoms with Gasteiger partial charge < -0.3 is 0 Å². The largest absolute Gasteiger partial charge is 0.294 e. The molecule has 0 aromatic heterocycles. The third kappa shape index (κ3) is 2.88. The minimum atomic E-state index is 0.0267. The van der Waals surface area contributed by atoms with Crippen LogP contribution in [0.5, 0.6) is 0 Å². The van der Waals surface area contributed by atoms with Crippen LogP contribution in [0.2, 0.25) is 0 Å². The third-order valence-corrected chi connectivity index (χ3v) is 4.73. The van der Waals surface area contributed by atoms with E-state index in [1.165, 1.54) is 5.39 Å². The molecule has 1 unspecified atom stereocenters. The zero-order valence-electron chi connectivity index (χ0n) is 13.5. The fourth-order valence-corrected chi connectivity index (χ4v) is 3.40. The molecule has 1 aliphatic rings. The van der Waals surface area contributed by atoms with Crippen LogP contribution in [0.3, 0.4) is 0 Å². The first-order valence-corrected chi connectivity index (χ1v) is 8.43. The Morgan fingerprint density at radius 1 is 0.875 bits per heavy atom. The molecule has 0 fully saturated rings. The van der Waals surface area contributed by atoms with Gasteiger partial charge >= 0.3 is 0 Å². The van der Waals surface area contributed by atoms with Crippen LogP contribution in [0.15, 0.2) is 77.8 Å². The lowest BCUT2D eigenvalue weighted by atomic mass is 9.86. The van der Waals surface area contributed by atoms with E-state index in [0.29, 0.717) is 0 Å². The predicted molar refractivity (Wildman–Crippen MR) is 98.8 cm³/mol. The van der Waals surface area contributed by atoms with Crippen molar-refractivity contribution in [3.63, 3.8) is 0 Å². The zero-order valence-corrected chi connectivity index (χ0v) is 13.5. The van der Waals surface area contributed by atoms with Crippen LogP contribution >= 0.6 is 0 Å². The van der Waals surface area contributed by atoms with Gasteiger partial charge in [-0.2, -0.15) is 0 Å². The van der Waals surface area contributed by atoms with Gasteiger partial charge in [-0.3, -0.25) is 9.79 Å². The molecule has 0 amide bonds. The molecule has 0 N–H and O–H groups in total. The molecule has 0 aliphatic carbocycles. The molecule has 0 spiro atoms. The van der Waals surface area contributed by atoms with Crippen LogP contribution in [-0.2, 0) is 0 Å². The average molecular weight is 313 g/mol. The highest BCUT2D eigenvalue weighted by Gasteiger charge is 2.25. The Labute approximate surface area is 141 Å². The molecule has 1 aliphatic heterocycles. The monoisotopic (exact) mass is 313 g/mol. The van der Waals surface area contributed by atoms with Gasteiger partial charge in [0.25, 0.3) is 0 Å². The first-order chi connectivity index (χ1) is 11.8. The van der Waals surface area contributed by atoms with E-state index in [0.717, 1.165) is 41.6 Å². The quantitative estimate of drug-likeness (QED) is 0.631. The van der Waals surface area contributed by atoms with Crippen molar-refractivity contribution >= 4 is 22.3 Å². The van der Waals surface area contributed by atoms with Crippen LogP contribution < -0.4 is 0 Å². The summed E-state index contributed by atoms with van der Waals surface area (Å²) in [7, 11) is 0. The Bertz CT molecular complexity index is 911. The van der Waals surface area contributed by atoms with E-state index in [9.17, 15) is 4.79 Å². The van der Waals surface area contributed by atoms with E-state index in [-0.39, 0.29) is 11.7 Å². The second-order valence-corrected chi connectivity index (χ2v) is 6.31. The van der Waals surface area contributed by atoms with Gasteiger partial charge in [0, 0.05) is 23.7 Å². The molecular formula is C22H19NO. The summed E-state index contributed by atoms with van der Waals surface area (Å²) in [4.78, 5) is 17.6. The van der Waals surface area contributed by atoms with Crippen molar-refractivity contribution in [1.82, 2.24) is 0 Å². The highest BCUT2D eigenvalue weighted by atomic mass is 16.1. The predicted octanol–water partition coefficient (Wildman–Crippen LogP) is 4.92. The topological polar surface area (TPSA) is 29.4 Å². The molecular weight excluding hydrogens is 294 g/mol. The van der Waals surface area contributed by atoms with E-state index in [1.54, 1.807) is 0 Å². The van der Waals surface area contributed by atoms with E-state index >= 15 is 0 Å². The molecule has 24 heavy (non-hydrogen) atoms. The zero-order chi connectivity index (χ0) is 16.4. The molecule has 3 aromatic carbocycles. The number of hydrogen-bond acceptors (Lipinski definition) is 2. The molecule has 0 bridgehead atoms. The van der Waals surface area contributed by atoms with Gasteiger partial charge in [-0.05, 0) is 35.2 Å². The molecule has 2 heteroatoms. The number of hydrogen-bond donors (Lipinski definition) is 0. The van der Waals surface area contributed by atoms with Crippen LogP contribution in [-0.4, -0.2) is 18.0 Å². The summed E-state index contributed by atoms with van der Waals surface area (Å²) in [6, 6.07) is 24.4. The van der Waals surface area contributed by atoms with Crippen molar-refractivity contribution < 1.29 is 4.79 Å². The fourth-order valence-electron chi connectivity index (χ4n) is 3.40. The summed E-state index contributed by atoms with van der Waals surface area (Å²) < 4.78 is 0. The van der Waals surface area contributed by atoms with E-state index in [1.807, 2.05) is 48.5 Å². The van der Waals surface area contributed by atoms with Crippen LogP contribution in [0.1, 0.15) is 28.8 Å². The van der Waals surface area contributed by atoms with Gasteiger partial charge in [0.1, 0.15) is 0 Å². The first kappa shape index (κ1) is 14.8. The van der Waals surface area contributed by atoms with Gasteiger partial charge in [0.05, 0.1) is 0 Å². The highest BCUT2D eigenvalue weighted by molar-refractivity contribution is 6.07. The van der Waals surface area contributed by atoms with Gasteiger partial charge in [0.15, 0.2) is 5.78 Å². The van der Waals surface area contributed by atoms with Gasteiger partial charge in [-0.25, -0.2) is 0 Å².